The maximum atomic E-state index is 13.1. The summed E-state index contributed by atoms with van der Waals surface area (Å²) in [6.07, 6.45) is 1.72. The molecular formula is C26H28ClN5O. The van der Waals surface area contributed by atoms with Gasteiger partial charge in [-0.1, -0.05) is 41.9 Å². The van der Waals surface area contributed by atoms with Crippen LogP contribution in [0.1, 0.15) is 12.8 Å². The number of piperazine rings is 1. The molecule has 7 heteroatoms. The van der Waals surface area contributed by atoms with E-state index in [0.717, 1.165) is 74.2 Å². The zero-order chi connectivity index (χ0) is 22.6. The molecule has 0 saturated carbocycles. The number of nitrogens with zero attached hydrogens (tertiary/aromatic N) is 5. The molecule has 2 aliphatic rings. The third-order valence-electron chi connectivity index (χ3n) is 6.67. The molecule has 0 unspecified atom stereocenters. The fraction of sp³-hybridized carbons (Fsp3) is 0.346. The van der Waals surface area contributed by atoms with Crippen molar-refractivity contribution in [3.05, 3.63) is 71.8 Å². The largest absolute Gasteiger partial charge is 0.368 e. The Balaban J connectivity index is 1.12. The Bertz CT molecular complexity index is 1060. The van der Waals surface area contributed by atoms with E-state index in [1.54, 1.807) is 0 Å². The number of hydrogen-bond acceptors (Lipinski definition) is 5. The highest BCUT2D eigenvalue weighted by atomic mass is 35.5. The first-order chi connectivity index (χ1) is 16.2. The van der Waals surface area contributed by atoms with Crippen LogP contribution in [0.25, 0.3) is 11.3 Å². The summed E-state index contributed by atoms with van der Waals surface area (Å²) in [5.74, 6) is 1.29. The van der Waals surface area contributed by atoms with Crippen LogP contribution < -0.4 is 9.80 Å². The standard InChI is InChI=1S/C26H28ClN5O/c27-22-6-8-23(9-7-22)30-16-18-32(19-17-30)26(33)21-12-14-31(15-13-21)25-11-10-24(28-29-25)20-4-2-1-3-5-20/h1-11,21H,12-19H2. The van der Waals surface area contributed by atoms with Gasteiger partial charge in [-0.3, -0.25) is 4.79 Å². The monoisotopic (exact) mass is 461 g/mol. The van der Waals surface area contributed by atoms with E-state index < -0.39 is 0 Å². The summed E-state index contributed by atoms with van der Waals surface area (Å²) >= 11 is 6.00. The maximum absolute atomic E-state index is 13.1. The molecule has 2 aliphatic heterocycles. The number of rotatable bonds is 4. The quantitative estimate of drug-likeness (QED) is 0.577. The maximum Gasteiger partial charge on any atom is 0.225 e. The van der Waals surface area contributed by atoms with Crippen molar-refractivity contribution in [2.24, 2.45) is 5.92 Å². The van der Waals surface area contributed by atoms with Crippen molar-refractivity contribution in [2.45, 2.75) is 12.8 Å². The minimum absolute atomic E-state index is 0.0971. The normalized spacial score (nSPS) is 17.3. The SMILES string of the molecule is O=C(C1CCN(c2ccc(-c3ccccc3)nn2)CC1)N1CCN(c2ccc(Cl)cc2)CC1. The zero-order valence-electron chi connectivity index (χ0n) is 18.6. The second-order valence-electron chi connectivity index (χ2n) is 8.69. The Morgan fingerprint density at radius 1 is 0.758 bits per heavy atom. The third-order valence-corrected chi connectivity index (χ3v) is 6.92. The van der Waals surface area contributed by atoms with Gasteiger partial charge in [0.05, 0.1) is 5.69 Å². The molecule has 0 N–H and O–H groups in total. The second kappa shape index (κ2) is 9.79. The first-order valence-corrected chi connectivity index (χ1v) is 12.0. The fourth-order valence-electron chi connectivity index (χ4n) is 4.71. The van der Waals surface area contributed by atoms with Crippen LogP contribution in [-0.4, -0.2) is 60.3 Å². The number of hydrogen-bond donors (Lipinski definition) is 0. The van der Waals surface area contributed by atoms with E-state index in [1.165, 1.54) is 5.69 Å². The van der Waals surface area contributed by atoms with Crippen LogP contribution in [0.4, 0.5) is 11.5 Å². The molecule has 2 saturated heterocycles. The van der Waals surface area contributed by atoms with Gasteiger partial charge in [-0.15, -0.1) is 10.2 Å². The summed E-state index contributed by atoms with van der Waals surface area (Å²) in [5.41, 5.74) is 3.11. The number of amides is 1. The summed E-state index contributed by atoms with van der Waals surface area (Å²) in [7, 11) is 0. The molecule has 2 fully saturated rings. The van der Waals surface area contributed by atoms with E-state index >= 15 is 0 Å². The summed E-state index contributed by atoms with van der Waals surface area (Å²) in [6, 6.07) is 22.1. The fourth-order valence-corrected chi connectivity index (χ4v) is 4.83. The van der Waals surface area contributed by atoms with E-state index in [1.807, 2.05) is 71.6 Å². The van der Waals surface area contributed by atoms with Gasteiger partial charge in [0.2, 0.25) is 5.91 Å². The average Bonchev–Trinajstić information content (AvgIpc) is 2.90. The van der Waals surface area contributed by atoms with Crippen LogP contribution >= 0.6 is 11.6 Å². The molecule has 170 valence electrons. The van der Waals surface area contributed by atoms with Gasteiger partial charge < -0.3 is 14.7 Å². The lowest BCUT2D eigenvalue weighted by Crippen LogP contribution is -2.51. The molecule has 5 rings (SSSR count). The molecule has 33 heavy (non-hydrogen) atoms. The van der Waals surface area contributed by atoms with Gasteiger partial charge in [0.15, 0.2) is 5.82 Å². The third kappa shape index (κ3) is 4.96. The van der Waals surface area contributed by atoms with Crippen molar-refractivity contribution in [3.8, 4) is 11.3 Å². The zero-order valence-corrected chi connectivity index (χ0v) is 19.4. The number of carbonyl (C=O) groups is 1. The van der Waals surface area contributed by atoms with Crippen LogP contribution in [0.5, 0.6) is 0 Å². The molecular weight excluding hydrogens is 434 g/mol. The predicted octanol–water partition coefficient (Wildman–Crippen LogP) is 4.36. The summed E-state index contributed by atoms with van der Waals surface area (Å²) in [5, 5.41) is 9.60. The van der Waals surface area contributed by atoms with E-state index in [2.05, 4.69) is 20.0 Å². The van der Waals surface area contributed by atoms with E-state index in [4.69, 9.17) is 11.6 Å². The number of carbonyl (C=O) groups excluding carboxylic acids is 1. The highest BCUT2D eigenvalue weighted by Crippen LogP contribution is 2.26. The molecule has 2 aromatic carbocycles. The Hall–Kier alpha value is -3.12. The van der Waals surface area contributed by atoms with E-state index in [0.29, 0.717) is 5.91 Å². The Morgan fingerprint density at radius 2 is 1.45 bits per heavy atom. The number of piperidine rings is 1. The van der Waals surface area contributed by atoms with Crippen LogP contribution in [0.15, 0.2) is 66.7 Å². The van der Waals surface area contributed by atoms with Crippen molar-refractivity contribution in [1.29, 1.82) is 0 Å². The van der Waals surface area contributed by atoms with Gasteiger partial charge in [-0.05, 0) is 49.2 Å². The highest BCUT2D eigenvalue weighted by molar-refractivity contribution is 6.30. The van der Waals surface area contributed by atoms with Crippen LogP contribution in [-0.2, 0) is 4.79 Å². The van der Waals surface area contributed by atoms with Gasteiger partial charge in [0, 0.05) is 61.5 Å². The summed E-state index contributed by atoms with van der Waals surface area (Å²) in [4.78, 5) is 19.7. The molecule has 0 aliphatic carbocycles. The number of halogens is 1. The van der Waals surface area contributed by atoms with Gasteiger partial charge in [0.25, 0.3) is 0 Å². The highest BCUT2D eigenvalue weighted by Gasteiger charge is 2.31. The van der Waals surface area contributed by atoms with Gasteiger partial charge >= 0.3 is 0 Å². The van der Waals surface area contributed by atoms with Crippen molar-refractivity contribution in [2.75, 3.05) is 49.1 Å². The van der Waals surface area contributed by atoms with Gasteiger partial charge in [-0.2, -0.15) is 0 Å². The second-order valence-corrected chi connectivity index (χ2v) is 9.13. The Kier molecular flexibility index (Phi) is 6.44. The summed E-state index contributed by atoms with van der Waals surface area (Å²) in [6.45, 7) is 4.92. The van der Waals surface area contributed by atoms with Crippen LogP contribution in [0.2, 0.25) is 5.02 Å². The molecule has 1 amide bonds. The van der Waals surface area contributed by atoms with Crippen LogP contribution in [0, 0.1) is 5.92 Å². The minimum Gasteiger partial charge on any atom is -0.368 e. The molecule has 3 aromatic rings. The molecule has 0 spiro atoms. The van der Waals surface area contributed by atoms with Crippen molar-refractivity contribution in [3.63, 3.8) is 0 Å². The van der Waals surface area contributed by atoms with E-state index in [9.17, 15) is 4.79 Å². The molecule has 0 atom stereocenters. The van der Waals surface area contributed by atoms with Crippen molar-refractivity contribution >= 4 is 29.0 Å². The van der Waals surface area contributed by atoms with Gasteiger partial charge in [-0.25, -0.2) is 0 Å². The number of aromatic nitrogens is 2. The Morgan fingerprint density at radius 3 is 2.09 bits per heavy atom. The lowest BCUT2D eigenvalue weighted by molar-refractivity contribution is -0.136. The molecule has 1 aromatic heterocycles. The lowest BCUT2D eigenvalue weighted by atomic mass is 9.95. The molecule has 0 radical (unpaired) electrons. The average molecular weight is 462 g/mol. The lowest BCUT2D eigenvalue weighted by Gasteiger charge is -2.39. The van der Waals surface area contributed by atoms with Gasteiger partial charge in [0.1, 0.15) is 0 Å². The van der Waals surface area contributed by atoms with Crippen molar-refractivity contribution in [1.82, 2.24) is 15.1 Å². The summed E-state index contributed by atoms with van der Waals surface area (Å²) < 4.78 is 0. The minimum atomic E-state index is 0.0971. The van der Waals surface area contributed by atoms with E-state index in [-0.39, 0.29) is 5.92 Å². The topological polar surface area (TPSA) is 52.6 Å². The first kappa shape index (κ1) is 21.7. The molecule has 3 heterocycles. The van der Waals surface area contributed by atoms with Crippen molar-refractivity contribution < 1.29 is 4.79 Å². The number of anilines is 2. The molecule has 6 nitrogen and oxygen atoms in total. The molecule has 0 bridgehead atoms. The predicted molar refractivity (Wildman–Crippen MR) is 133 cm³/mol. The van der Waals surface area contributed by atoms with Crippen LogP contribution in [0.3, 0.4) is 0 Å². The first-order valence-electron chi connectivity index (χ1n) is 11.6. The Labute approximate surface area is 199 Å². The number of benzene rings is 2. The smallest absolute Gasteiger partial charge is 0.225 e.